The van der Waals surface area contributed by atoms with Crippen molar-refractivity contribution in [3.05, 3.63) is 63.5 Å². The summed E-state index contributed by atoms with van der Waals surface area (Å²) in [6.45, 7) is 1.61. The average molecular weight is 340 g/mol. The maximum atomic E-state index is 13.8. The first-order valence-corrected chi connectivity index (χ1v) is 6.91. The zero-order valence-corrected chi connectivity index (χ0v) is 12.2. The van der Waals surface area contributed by atoms with Crippen molar-refractivity contribution in [1.82, 2.24) is 0 Å². The van der Waals surface area contributed by atoms with Gasteiger partial charge < -0.3 is 4.74 Å². The molecule has 0 aromatic heterocycles. The first-order chi connectivity index (χ1) is 9.52. The Bertz CT molecular complexity index is 661. The number of ether oxygens (including phenoxy) is 1. The lowest BCUT2D eigenvalue weighted by Crippen LogP contribution is -1.97. The zero-order chi connectivity index (χ0) is 14.7. The maximum Gasteiger partial charge on any atom is 0.314 e. The quantitative estimate of drug-likeness (QED) is 0.459. The fraction of sp³-hybridized carbons (Fsp3) is 0.143. The highest BCUT2D eigenvalue weighted by Crippen LogP contribution is 2.35. The van der Waals surface area contributed by atoms with Gasteiger partial charge in [-0.05, 0) is 30.7 Å². The highest BCUT2D eigenvalue weighted by Gasteiger charge is 2.19. The fourth-order valence-corrected chi connectivity index (χ4v) is 2.13. The lowest BCUT2D eigenvalue weighted by Gasteiger charge is -2.09. The van der Waals surface area contributed by atoms with Gasteiger partial charge in [0.2, 0.25) is 5.75 Å². The first-order valence-electron chi connectivity index (χ1n) is 5.79. The first kappa shape index (κ1) is 14.5. The van der Waals surface area contributed by atoms with Crippen LogP contribution < -0.4 is 4.74 Å². The molecule has 0 heterocycles. The minimum atomic E-state index is -0.558. The Morgan fingerprint density at radius 2 is 2.05 bits per heavy atom. The highest BCUT2D eigenvalue weighted by atomic mass is 79.9. The number of rotatable bonds is 4. The third kappa shape index (κ3) is 2.96. The lowest BCUT2D eigenvalue weighted by atomic mass is 10.2. The van der Waals surface area contributed by atoms with Crippen LogP contribution in [0.5, 0.6) is 11.5 Å². The molecular formula is C14H11BrFNO3. The molecule has 0 saturated carbocycles. The standard InChI is InChI=1S/C14H11BrFNO3/c1-9-3-2-4-13(14(9)17(18)19)20-12-6-5-10(8-15)7-11(12)16/h2-7H,8H2,1H3. The van der Waals surface area contributed by atoms with Crippen molar-refractivity contribution in [3.8, 4) is 11.5 Å². The van der Waals surface area contributed by atoms with Gasteiger partial charge >= 0.3 is 5.69 Å². The molecule has 0 aliphatic heterocycles. The average Bonchev–Trinajstić information content (AvgIpc) is 2.40. The molecule has 2 rings (SSSR count). The summed E-state index contributed by atoms with van der Waals surface area (Å²) in [4.78, 5) is 10.5. The summed E-state index contributed by atoms with van der Waals surface area (Å²) in [5.74, 6) is -0.568. The van der Waals surface area contributed by atoms with Crippen LogP contribution in [0.15, 0.2) is 36.4 Å². The van der Waals surface area contributed by atoms with Crippen molar-refractivity contribution < 1.29 is 14.1 Å². The molecule has 0 unspecified atom stereocenters. The van der Waals surface area contributed by atoms with Gasteiger partial charge in [0.25, 0.3) is 0 Å². The number of alkyl halides is 1. The van der Waals surface area contributed by atoms with Crippen LogP contribution in [-0.2, 0) is 5.33 Å². The Morgan fingerprint density at radius 1 is 1.30 bits per heavy atom. The van der Waals surface area contributed by atoms with Crippen molar-refractivity contribution in [2.45, 2.75) is 12.3 Å². The smallest absolute Gasteiger partial charge is 0.314 e. The van der Waals surface area contributed by atoms with Crippen LogP contribution in [0.4, 0.5) is 10.1 Å². The van der Waals surface area contributed by atoms with Gasteiger partial charge in [0.1, 0.15) is 0 Å². The second-order valence-corrected chi connectivity index (χ2v) is 4.74. The normalized spacial score (nSPS) is 10.3. The molecule has 2 aromatic carbocycles. The number of hydrogen-bond acceptors (Lipinski definition) is 3. The van der Waals surface area contributed by atoms with Gasteiger partial charge in [0, 0.05) is 10.9 Å². The van der Waals surface area contributed by atoms with E-state index in [0.717, 1.165) is 5.56 Å². The SMILES string of the molecule is Cc1cccc(Oc2ccc(CBr)cc2F)c1[N+](=O)[O-]. The monoisotopic (exact) mass is 339 g/mol. The van der Waals surface area contributed by atoms with Crippen LogP contribution in [0.3, 0.4) is 0 Å². The topological polar surface area (TPSA) is 52.4 Å². The Morgan fingerprint density at radius 3 is 2.65 bits per heavy atom. The third-order valence-electron chi connectivity index (χ3n) is 2.75. The number of nitro groups is 1. The van der Waals surface area contributed by atoms with Gasteiger partial charge in [0.05, 0.1) is 4.92 Å². The van der Waals surface area contributed by atoms with Gasteiger partial charge in [-0.3, -0.25) is 10.1 Å². The summed E-state index contributed by atoms with van der Waals surface area (Å²) in [6.07, 6.45) is 0. The van der Waals surface area contributed by atoms with E-state index in [9.17, 15) is 14.5 Å². The van der Waals surface area contributed by atoms with Crippen molar-refractivity contribution in [3.63, 3.8) is 0 Å². The highest BCUT2D eigenvalue weighted by molar-refractivity contribution is 9.08. The number of nitrogens with zero attached hydrogens (tertiary/aromatic N) is 1. The predicted molar refractivity (Wildman–Crippen MR) is 76.9 cm³/mol. The molecule has 0 spiro atoms. The van der Waals surface area contributed by atoms with Gasteiger partial charge in [-0.2, -0.15) is 0 Å². The van der Waals surface area contributed by atoms with Crippen molar-refractivity contribution in [1.29, 1.82) is 0 Å². The van der Waals surface area contributed by atoms with Crippen LogP contribution in [0.2, 0.25) is 0 Å². The van der Waals surface area contributed by atoms with E-state index in [2.05, 4.69) is 15.9 Å². The molecule has 6 heteroatoms. The van der Waals surface area contributed by atoms with E-state index < -0.39 is 10.7 Å². The van der Waals surface area contributed by atoms with Crippen molar-refractivity contribution in [2.75, 3.05) is 0 Å². The van der Waals surface area contributed by atoms with Crippen LogP contribution in [0.25, 0.3) is 0 Å². The van der Waals surface area contributed by atoms with Crippen molar-refractivity contribution >= 4 is 21.6 Å². The summed E-state index contributed by atoms with van der Waals surface area (Å²) in [6, 6.07) is 9.15. The fourth-order valence-electron chi connectivity index (χ4n) is 1.78. The van der Waals surface area contributed by atoms with Gasteiger partial charge in [-0.15, -0.1) is 0 Å². The molecule has 0 aliphatic carbocycles. The van der Waals surface area contributed by atoms with E-state index in [4.69, 9.17) is 4.74 Å². The summed E-state index contributed by atoms with van der Waals surface area (Å²) in [5, 5.41) is 11.6. The van der Waals surface area contributed by atoms with Crippen LogP contribution in [-0.4, -0.2) is 4.92 Å². The molecule has 20 heavy (non-hydrogen) atoms. The number of nitro benzene ring substituents is 1. The number of aryl methyl sites for hydroxylation is 1. The Labute approximate surface area is 123 Å². The van der Waals surface area contributed by atoms with Crippen LogP contribution in [0.1, 0.15) is 11.1 Å². The Balaban J connectivity index is 2.40. The zero-order valence-electron chi connectivity index (χ0n) is 10.6. The minimum absolute atomic E-state index is 0.0282. The minimum Gasteiger partial charge on any atom is -0.447 e. The molecule has 4 nitrogen and oxygen atoms in total. The van der Waals surface area contributed by atoms with Crippen LogP contribution in [0, 0.1) is 22.9 Å². The molecule has 0 N–H and O–H groups in total. The summed E-state index contributed by atoms with van der Waals surface area (Å²) >= 11 is 3.23. The van der Waals surface area contributed by atoms with Crippen LogP contribution >= 0.6 is 15.9 Å². The third-order valence-corrected chi connectivity index (χ3v) is 3.40. The Hall–Kier alpha value is -1.95. The summed E-state index contributed by atoms with van der Waals surface area (Å²) in [5.41, 5.74) is 1.06. The molecular weight excluding hydrogens is 329 g/mol. The lowest BCUT2D eigenvalue weighted by molar-refractivity contribution is -0.386. The molecule has 0 amide bonds. The van der Waals surface area contributed by atoms with Gasteiger partial charge in [-0.1, -0.05) is 34.1 Å². The van der Waals surface area contributed by atoms with Crippen molar-refractivity contribution in [2.24, 2.45) is 0 Å². The second-order valence-electron chi connectivity index (χ2n) is 4.18. The number of halogens is 2. The summed E-state index contributed by atoms with van der Waals surface area (Å²) in [7, 11) is 0. The maximum absolute atomic E-state index is 13.8. The van der Waals surface area contributed by atoms with Gasteiger partial charge in [-0.25, -0.2) is 4.39 Å². The van der Waals surface area contributed by atoms with Gasteiger partial charge in [0.15, 0.2) is 11.6 Å². The largest absolute Gasteiger partial charge is 0.447 e. The van der Waals surface area contributed by atoms with E-state index in [0.29, 0.717) is 10.9 Å². The molecule has 0 fully saturated rings. The molecule has 0 saturated heterocycles. The molecule has 0 radical (unpaired) electrons. The van der Waals surface area contributed by atoms with E-state index in [-0.39, 0.29) is 17.2 Å². The molecule has 0 aliphatic rings. The van der Waals surface area contributed by atoms with E-state index in [1.54, 1.807) is 25.1 Å². The Kier molecular flexibility index (Phi) is 4.34. The number of benzene rings is 2. The van der Waals surface area contributed by atoms with E-state index >= 15 is 0 Å². The molecule has 0 atom stereocenters. The summed E-state index contributed by atoms with van der Waals surface area (Å²) < 4.78 is 19.2. The molecule has 104 valence electrons. The van der Waals surface area contributed by atoms with E-state index in [1.807, 2.05) is 0 Å². The second kappa shape index (κ2) is 6.00. The molecule has 0 bridgehead atoms. The number of hydrogen-bond donors (Lipinski definition) is 0. The van der Waals surface area contributed by atoms with E-state index in [1.165, 1.54) is 18.2 Å². The molecule has 2 aromatic rings. The predicted octanol–water partition coefficient (Wildman–Crippen LogP) is 4.73. The number of para-hydroxylation sites is 1.